The van der Waals surface area contributed by atoms with E-state index >= 15 is 0 Å². The van der Waals surface area contributed by atoms with E-state index in [-0.39, 0.29) is 5.56 Å². The Kier molecular flexibility index (Phi) is 2.89. The summed E-state index contributed by atoms with van der Waals surface area (Å²) in [6.07, 6.45) is 1.25. The van der Waals surface area contributed by atoms with Gasteiger partial charge in [-0.2, -0.15) is 0 Å². The highest BCUT2D eigenvalue weighted by atomic mass is 19.3. The summed E-state index contributed by atoms with van der Waals surface area (Å²) in [6, 6.07) is 4.04. The highest BCUT2D eigenvalue weighted by molar-refractivity contribution is 5.73. The first kappa shape index (κ1) is 12.3. The van der Waals surface area contributed by atoms with E-state index in [4.69, 9.17) is 4.42 Å². The number of aromatic nitrogens is 1. The molecule has 6 heteroatoms. The van der Waals surface area contributed by atoms with Gasteiger partial charge in [-0.1, -0.05) is 0 Å². The molecule has 1 fully saturated rings. The van der Waals surface area contributed by atoms with Crippen LogP contribution in [-0.4, -0.2) is 18.1 Å². The first-order valence-electron chi connectivity index (χ1n) is 6.29. The summed E-state index contributed by atoms with van der Waals surface area (Å²) in [5, 5.41) is 3.00. The normalized spacial score (nSPS) is 20.8. The van der Waals surface area contributed by atoms with Crippen LogP contribution >= 0.6 is 0 Å². The molecule has 2 N–H and O–H groups in total. The standard InChI is InChI=1S/C13H14F2N2O2/c14-13(15,9-2-1-5-16-7-9)8-3-4-11-10(6-8)17-12(18)19-11/h3-4,6,9,16H,1-2,5,7H2,(H,17,18). The quantitative estimate of drug-likeness (QED) is 0.878. The maximum absolute atomic E-state index is 14.4. The molecule has 1 saturated heterocycles. The molecule has 0 spiro atoms. The van der Waals surface area contributed by atoms with E-state index < -0.39 is 17.6 Å². The van der Waals surface area contributed by atoms with Gasteiger partial charge < -0.3 is 9.73 Å². The number of nitrogens with one attached hydrogen (secondary N) is 2. The molecule has 1 atom stereocenters. The van der Waals surface area contributed by atoms with Crippen molar-refractivity contribution in [3.63, 3.8) is 0 Å². The number of hydrogen-bond acceptors (Lipinski definition) is 3. The summed E-state index contributed by atoms with van der Waals surface area (Å²) < 4.78 is 33.6. The molecule has 0 saturated carbocycles. The number of piperidine rings is 1. The Balaban J connectivity index is 1.99. The summed E-state index contributed by atoms with van der Waals surface area (Å²) >= 11 is 0. The molecular formula is C13H14F2N2O2. The van der Waals surface area contributed by atoms with Crippen LogP contribution in [0.25, 0.3) is 11.1 Å². The van der Waals surface area contributed by atoms with Crippen molar-refractivity contribution in [1.82, 2.24) is 10.3 Å². The van der Waals surface area contributed by atoms with Crippen molar-refractivity contribution >= 4 is 11.1 Å². The van der Waals surface area contributed by atoms with Crippen molar-refractivity contribution in [3.05, 3.63) is 34.3 Å². The predicted octanol–water partition coefficient (Wildman–Crippen LogP) is 2.21. The first-order chi connectivity index (χ1) is 9.07. The Labute approximate surface area is 107 Å². The molecule has 0 aliphatic carbocycles. The molecule has 3 rings (SSSR count). The zero-order chi connectivity index (χ0) is 13.5. The third-order valence-corrected chi connectivity index (χ3v) is 3.61. The monoisotopic (exact) mass is 268 g/mol. The minimum atomic E-state index is -2.91. The van der Waals surface area contributed by atoms with Gasteiger partial charge in [-0.25, -0.2) is 13.6 Å². The fourth-order valence-corrected chi connectivity index (χ4v) is 2.56. The van der Waals surface area contributed by atoms with Crippen molar-refractivity contribution in [2.24, 2.45) is 5.92 Å². The fourth-order valence-electron chi connectivity index (χ4n) is 2.56. The van der Waals surface area contributed by atoms with Crippen molar-refractivity contribution in [3.8, 4) is 0 Å². The lowest BCUT2D eigenvalue weighted by molar-refractivity contribution is -0.0723. The number of oxazole rings is 1. The molecule has 2 heterocycles. The SMILES string of the molecule is O=c1[nH]c2cc(C(F)(F)C3CCCNC3)ccc2o1. The average Bonchev–Trinajstić information content (AvgIpc) is 2.78. The lowest BCUT2D eigenvalue weighted by atomic mass is 9.88. The van der Waals surface area contributed by atoms with Gasteiger partial charge in [-0.05, 0) is 37.6 Å². The molecule has 1 aliphatic rings. The number of H-pyrrole nitrogens is 1. The van der Waals surface area contributed by atoms with Crippen LogP contribution in [0.15, 0.2) is 27.4 Å². The molecule has 1 unspecified atom stereocenters. The van der Waals surface area contributed by atoms with E-state index in [2.05, 4.69) is 10.3 Å². The molecular weight excluding hydrogens is 254 g/mol. The van der Waals surface area contributed by atoms with Crippen molar-refractivity contribution < 1.29 is 13.2 Å². The molecule has 1 aliphatic heterocycles. The van der Waals surface area contributed by atoms with Crippen molar-refractivity contribution in [2.75, 3.05) is 13.1 Å². The molecule has 1 aromatic carbocycles. The molecule has 2 aromatic rings. The number of aromatic amines is 1. The van der Waals surface area contributed by atoms with Crippen LogP contribution in [0.2, 0.25) is 0 Å². The van der Waals surface area contributed by atoms with Crippen LogP contribution in [0.4, 0.5) is 8.78 Å². The second kappa shape index (κ2) is 4.45. The maximum Gasteiger partial charge on any atom is 0.417 e. The van der Waals surface area contributed by atoms with Crippen LogP contribution in [0, 0.1) is 5.92 Å². The molecule has 0 bridgehead atoms. The van der Waals surface area contributed by atoms with E-state index in [0.29, 0.717) is 24.1 Å². The van der Waals surface area contributed by atoms with Gasteiger partial charge in [0.15, 0.2) is 5.58 Å². The van der Waals surface area contributed by atoms with Gasteiger partial charge in [-0.3, -0.25) is 4.98 Å². The Morgan fingerprint density at radius 1 is 1.37 bits per heavy atom. The Bertz CT molecular complexity index is 641. The summed E-state index contributed by atoms with van der Waals surface area (Å²) in [5.74, 6) is -4.25. The van der Waals surface area contributed by atoms with E-state index in [1.165, 1.54) is 18.2 Å². The number of fused-ring (bicyclic) bond motifs is 1. The average molecular weight is 268 g/mol. The smallest absolute Gasteiger partial charge is 0.408 e. The van der Waals surface area contributed by atoms with Crippen LogP contribution in [0.5, 0.6) is 0 Å². The van der Waals surface area contributed by atoms with Gasteiger partial charge in [0, 0.05) is 18.0 Å². The maximum atomic E-state index is 14.4. The van der Waals surface area contributed by atoms with E-state index in [1.54, 1.807) is 0 Å². The number of halogens is 2. The van der Waals surface area contributed by atoms with Gasteiger partial charge in [0.25, 0.3) is 5.92 Å². The highest BCUT2D eigenvalue weighted by Crippen LogP contribution is 2.39. The zero-order valence-corrected chi connectivity index (χ0v) is 10.2. The zero-order valence-electron chi connectivity index (χ0n) is 10.2. The lowest BCUT2D eigenvalue weighted by Gasteiger charge is -2.30. The molecule has 0 radical (unpaired) electrons. The van der Waals surface area contributed by atoms with Gasteiger partial charge in [-0.15, -0.1) is 0 Å². The molecule has 102 valence electrons. The van der Waals surface area contributed by atoms with E-state index in [0.717, 1.165) is 13.0 Å². The Morgan fingerprint density at radius 2 is 2.21 bits per heavy atom. The number of hydrogen-bond donors (Lipinski definition) is 2. The first-order valence-corrected chi connectivity index (χ1v) is 6.29. The molecule has 19 heavy (non-hydrogen) atoms. The molecule has 4 nitrogen and oxygen atoms in total. The van der Waals surface area contributed by atoms with Crippen LogP contribution in [-0.2, 0) is 5.92 Å². The van der Waals surface area contributed by atoms with Crippen LogP contribution in [0.3, 0.4) is 0 Å². The van der Waals surface area contributed by atoms with Gasteiger partial charge in [0.1, 0.15) is 0 Å². The van der Waals surface area contributed by atoms with Gasteiger partial charge in [0.2, 0.25) is 0 Å². The van der Waals surface area contributed by atoms with E-state index in [1.807, 2.05) is 0 Å². The summed E-state index contributed by atoms with van der Waals surface area (Å²) in [4.78, 5) is 13.4. The van der Waals surface area contributed by atoms with Gasteiger partial charge >= 0.3 is 5.76 Å². The Morgan fingerprint density at radius 3 is 2.95 bits per heavy atom. The minimum absolute atomic E-state index is 0.0780. The Hall–Kier alpha value is -1.69. The van der Waals surface area contributed by atoms with Crippen molar-refractivity contribution in [2.45, 2.75) is 18.8 Å². The second-order valence-electron chi connectivity index (χ2n) is 4.89. The van der Waals surface area contributed by atoms with Crippen molar-refractivity contribution in [1.29, 1.82) is 0 Å². The van der Waals surface area contributed by atoms with Crippen LogP contribution in [0.1, 0.15) is 18.4 Å². The van der Waals surface area contributed by atoms with E-state index in [9.17, 15) is 13.6 Å². The summed E-state index contributed by atoms with van der Waals surface area (Å²) in [5.41, 5.74) is 0.531. The topological polar surface area (TPSA) is 58.0 Å². The summed E-state index contributed by atoms with van der Waals surface area (Å²) in [6.45, 7) is 1.10. The molecule has 0 amide bonds. The highest BCUT2D eigenvalue weighted by Gasteiger charge is 2.41. The minimum Gasteiger partial charge on any atom is -0.408 e. The second-order valence-corrected chi connectivity index (χ2v) is 4.89. The summed E-state index contributed by atoms with van der Waals surface area (Å²) in [7, 11) is 0. The predicted molar refractivity (Wildman–Crippen MR) is 66.3 cm³/mol. The fraction of sp³-hybridized carbons (Fsp3) is 0.462. The lowest BCUT2D eigenvalue weighted by Crippen LogP contribution is -2.39. The number of rotatable bonds is 2. The van der Waals surface area contributed by atoms with Gasteiger partial charge in [0.05, 0.1) is 5.52 Å². The largest absolute Gasteiger partial charge is 0.417 e. The molecule has 1 aromatic heterocycles. The number of alkyl halides is 2. The van der Waals surface area contributed by atoms with Crippen LogP contribution < -0.4 is 11.1 Å². The third-order valence-electron chi connectivity index (χ3n) is 3.61. The third kappa shape index (κ3) is 2.16. The number of benzene rings is 1.